The fourth-order valence-corrected chi connectivity index (χ4v) is 8.23. The van der Waals surface area contributed by atoms with Gasteiger partial charge in [-0.05, 0) is 103 Å². The molecule has 0 spiro atoms. The molecule has 0 saturated heterocycles. The van der Waals surface area contributed by atoms with Crippen molar-refractivity contribution in [1.29, 1.82) is 5.26 Å². The summed E-state index contributed by atoms with van der Waals surface area (Å²) in [7, 11) is 2.14. The zero-order valence-corrected chi connectivity index (χ0v) is 26.7. The van der Waals surface area contributed by atoms with Gasteiger partial charge in [0.15, 0.2) is 6.20 Å². The summed E-state index contributed by atoms with van der Waals surface area (Å²) in [4.78, 5) is 0. The summed E-state index contributed by atoms with van der Waals surface area (Å²) in [6, 6.07) is 18.1. The Labute approximate surface area is 256 Å². The Morgan fingerprint density at radius 1 is 0.814 bits per heavy atom. The highest BCUT2D eigenvalue weighted by atomic mass is 16.3. The number of hydrogen-bond acceptors (Lipinski definition) is 2. The molecule has 3 nitrogen and oxygen atoms in total. The van der Waals surface area contributed by atoms with Crippen LogP contribution in [0.4, 0.5) is 0 Å². The number of aromatic nitrogens is 1. The molecule has 2 aromatic heterocycles. The number of rotatable bonds is 3. The summed E-state index contributed by atoms with van der Waals surface area (Å²) in [6.45, 7) is 11.2. The van der Waals surface area contributed by atoms with Crippen molar-refractivity contribution in [3.63, 3.8) is 0 Å². The van der Waals surface area contributed by atoms with Crippen molar-refractivity contribution in [3.05, 3.63) is 87.6 Å². The minimum Gasteiger partial charge on any atom is -0.454 e. The third-order valence-electron chi connectivity index (χ3n) is 10.3. The van der Waals surface area contributed by atoms with E-state index in [1.54, 1.807) is 11.1 Å². The number of aryl methyl sites for hydroxylation is 3. The quantitative estimate of drug-likeness (QED) is 0.204. The fraction of sp³-hybridized carbons (Fsp3) is 0.400. The van der Waals surface area contributed by atoms with Crippen LogP contribution >= 0.6 is 0 Å². The summed E-state index contributed by atoms with van der Waals surface area (Å²) in [5.41, 5.74) is 15.3. The Bertz CT molecular complexity index is 1950. The molecule has 0 amide bonds. The van der Waals surface area contributed by atoms with Crippen LogP contribution in [-0.4, -0.2) is 0 Å². The lowest BCUT2D eigenvalue weighted by atomic mass is 9.80. The van der Waals surface area contributed by atoms with Crippen LogP contribution in [0.25, 0.3) is 44.3 Å². The summed E-state index contributed by atoms with van der Waals surface area (Å²) in [5.74, 6) is 0.687. The summed E-state index contributed by atoms with van der Waals surface area (Å²) >= 11 is 0. The van der Waals surface area contributed by atoms with Crippen molar-refractivity contribution in [2.45, 2.75) is 97.3 Å². The Morgan fingerprint density at radius 2 is 1.51 bits per heavy atom. The summed E-state index contributed by atoms with van der Waals surface area (Å²) in [5, 5.41) is 12.5. The first kappa shape index (κ1) is 27.9. The number of nitriles is 1. The molecule has 1 saturated carbocycles. The molecule has 0 N–H and O–H groups in total. The van der Waals surface area contributed by atoms with Crippen LogP contribution in [0.2, 0.25) is 0 Å². The lowest BCUT2D eigenvalue weighted by molar-refractivity contribution is -0.661. The molecule has 7 rings (SSSR count). The molecule has 3 aromatic carbocycles. The molecule has 5 aromatic rings. The van der Waals surface area contributed by atoms with Gasteiger partial charge >= 0.3 is 0 Å². The van der Waals surface area contributed by atoms with Crippen molar-refractivity contribution < 1.29 is 8.98 Å². The number of hydrogen-bond donors (Lipinski definition) is 0. The average Bonchev–Trinajstić information content (AvgIpc) is 3.63. The van der Waals surface area contributed by atoms with Crippen molar-refractivity contribution in [3.8, 4) is 28.5 Å². The molecular weight excluding hydrogens is 524 g/mol. The number of furan rings is 1. The van der Waals surface area contributed by atoms with E-state index >= 15 is 0 Å². The van der Waals surface area contributed by atoms with Crippen LogP contribution in [-0.2, 0) is 25.3 Å². The highest BCUT2D eigenvalue weighted by Gasteiger charge is 2.29. The Morgan fingerprint density at radius 3 is 2.23 bits per heavy atom. The second-order valence-electron chi connectivity index (χ2n) is 14.2. The van der Waals surface area contributed by atoms with Crippen molar-refractivity contribution in [2.24, 2.45) is 7.05 Å². The smallest absolute Gasteiger partial charge is 0.216 e. The molecule has 0 bridgehead atoms. The highest BCUT2D eigenvalue weighted by Crippen LogP contribution is 2.46. The maximum Gasteiger partial charge on any atom is 0.216 e. The molecule has 3 heteroatoms. The first-order valence-electron chi connectivity index (χ1n) is 16.2. The molecule has 0 atom stereocenters. The Kier molecular flexibility index (Phi) is 6.73. The third kappa shape index (κ3) is 4.50. The first-order valence-corrected chi connectivity index (χ1v) is 16.2. The standard InChI is InChI=1S/C40H43N2O/c1-24-15-17-32-33-18-16-27(22-41)37(31-20-19-28(26-11-8-7-9-12-26)29-13-10-14-30(29)31)39(33)43-38(32)36(24)35-21-25(2)34(23-42(35)6)40(3,4)5/h15-21,23,26H,7-14H2,1-6H3/q+1. The van der Waals surface area contributed by atoms with Crippen LogP contribution in [0, 0.1) is 25.2 Å². The molecule has 43 heavy (non-hydrogen) atoms. The molecule has 218 valence electrons. The van der Waals surface area contributed by atoms with Gasteiger partial charge in [0.25, 0.3) is 0 Å². The number of benzene rings is 3. The second-order valence-corrected chi connectivity index (χ2v) is 14.2. The molecule has 1 fully saturated rings. The van der Waals surface area contributed by atoms with E-state index in [2.05, 4.69) is 94.9 Å². The number of fused-ring (bicyclic) bond motifs is 4. The van der Waals surface area contributed by atoms with E-state index in [9.17, 15) is 5.26 Å². The Balaban J connectivity index is 1.47. The van der Waals surface area contributed by atoms with Crippen LogP contribution in [0.1, 0.15) is 104 Å². The topological polar surface area (TPSA) is 40.8 Å². The van der Waals surface area contributed by atoms with Gasteiger partial charge in [0.2, 0.25) is 5.69 Å². The third-order valence-corrected chi connectivity index (χ3v) is 10.3. The van der Waals surface area contributed by atoms with E-state index in [0.29, 0.717) is 11.5 Å². The van der Waals surface area contributed by atoms with Gasteiger partial charge in [-0.15, -0.1) is 0 Å². The predicted octanol–water partition coefficient (Wildman–Crippen LogP) is 10.1. The van der Waals surface area contributed by atoms with Gasteiger partial charge < -0.3 is 4.42 Å². The van der Waals surface area contributed by atoms with Crippen molar-refractivity contribution >= 4 is 21.9 Å². The van der Waals surface area contributed by atoms with E-state index in [4.69, 9.17) is 4.42 Å². The van der Waals surface area contributed by atoms with Gasteiger partial charge in [0.05, 0.1) is 17.2 Å². The van der Waals surface area contributed by atoms with E-state index in [0.717, 1.165) is 51.6 Å². The van der Waals surface area contributed by atoms with Gasteiger partial charge in [0.1, 0.15) is 18.2 Å². The van der Waals surface area contributed by atoms with Gasteiger partial charge in [-0.3, -0.25) is 0 Å². The fourth-order valence-electron chi connectivity index (χ4n) is 8.23. The first-order chi connectivity index (χ1) is 20.7. The lowest BCUT2D eigenvalue weighted by Crippen LogP contribution is -2.34. The highest BCUT2D eigenvalue weighted by molar-refractivity contribution is 6.14. The average molecular weight is 568 g/mol. The van der Waals surface area contributed by atoms with E-state index in [-0.39, 0.29) is 5.41 Å². The summed E-state index contributed by atoms with van der Waals surface area (Å²) in [6.07, 6.45) is 12.4. The lowest BCUT2D eigenvalue weighted by Gasteiger charge is -2.25. The van der Waals surface area contributed by atoms with Crippen molar-refractivity contribution in [1.82, 2.24) is 0 Å². The molecule has 0 radical (unpaired) electrons. The zero-order chi connectivity index (χ0) is 30.0. The van der Waals surface area contributed by atoms with Gasteiger partial charge in [-0.25, -0.2) is 4.57 Å². The number of nitrogens with zero attached hydrogens (tertiary/aromatic N) is 2. The second kappa shape index (κ2) is 10.4. The van der Waals surface area contributed by atoms with Crippen molar-refractivity contribution in [2.75, 3.05) is 0 Å². The Hall–Kier alpha value is -3.90. The maximum absolute atomic E-state index is 10.4. The molecule has 2 aliphatic carbocycles. The SMILES string of the molecule is Cc1cc(-c2c(C)ccc3c2oc2c(-c4ccc(C5CCCCC5)c5c4CCC5)c(C#N)ccc23)[n+](C)cc1C(C)(C)C. The normalized spacial score (nSPS) is 15.7. The maximum atomic E-state index is 10.4. The molecular formula is C40H43N2O+. The largest absolute Gasteiger partial charge is 0.454 e. The number of pyridine rings is 1. The minimum absolute atomic E-state index is 0.0657. The van der Waals surface area contributed by atoms with Crippen LogP contribution < -0.4 is 4.57 Å². The zero-order valence-electron chi connectivity index (χ0n) is 26.7. The van der Waals surface area contributed by atoms with E-state index < -0.39 is 0 Å². The molecule has 2 aliphatic rings. The molecule has 0 unspecified atom stereocenters. The van der Waals surface area contributed by atoms with Crippen LogP contribution in [0.3, 0.4) is 0 Å². The minimum atomic E-state index is 0.0657. The summed E-state index contributed by atoms with van der Waals surface area (Å²) < 4.78 is 9.23. The van der Waals surface area contributed by atoms with E-state index in [1.165, 1.54) is 66.3 Å². The van der Waals surface area contributed by atoms with Gasteiger partial charge in [-0.1, -0.05) is 64.3 Å². The van der Waals surface area contributed by atoms with Crippen LogP contribution in [0.5, 0.6) is 0 Å². The van der Waals surface area contributed by atoms with Crippen LogP contribution in [0.15, 0.2) is 53.1 Å². The monoisotopic (exact) mass is 567 g/mol. The molecule has 2 heterocycles. The molecule has 0 aliphatic heterocycles. The predicted molar refractivity (Wildman–Crippen MR) is 177 cm³/mol. The van der Waals surface area contributed by atoms with E-state index in [1.807, 2.05) is 6.07 Å². The van der Waals surface area contributed by atoms with Gasteiger partial charge in [0, 0.05) is 28.0 Å². The van der Waals surface area contributed by atoms with Gasteiger partial charge in [-0.2, -0.15) is 5.26 Å².